The fourth-order valence-electron chi connectivity index (χ4n) is 3.57. The summed E-state index contributed by atoms with van der Waals surface area (Å²) in [5, 5.41) is 1.07. The van der Waals surface area contributed by atoms with Gasteiger partial charge < -0.3 is 9.30 Å². The molecular weight excluding hydrogens is 378 g/mol. The van der Waals surface area contributed by atoms with Crippen molar-refractivity contribution in [1.29, 1.82) is 0 Å². The second-order valence-corrected chi connectivity index (χ2v) is 7.33. The third kappa shape index (κ3) is 3.62. The van der Waals surface area contributed by atoms with Crippen molar-refractivity contribution in [3.63, 3.8) is 0 Å². The maximum absolute atomic E-state index is 12.8. The molecule has 0 saturated heterocycles. The van der Waals surface area contributed by atoms with Crippen molar-refractivity contribution in [3.8, 4) is 0 Å². The molecule has 1 heterocycles. The highest BCUT2D eigenvalue weighted by atomic mass is 16.5. The summed E-state index contributed by atoms with van der Waals surface area (Å²) in [7, 11) is 0. The molecule has 0 aliphatic carbocycles. The number of benzene rings is 3. The van der Waals surface area contributed by atoms with Gasteiger partial charge in [-0.3, -0.25) is 14.4 Å². The molecule has 30 heavy (non-hydrogen) atoms. The van der Waals surface area contributed by atoms with Crippen LogP contribution >= 0.6 is 0 Å². The average molecular weight is 399 g/mol. The second-order valence-electron chi connectivity index (χ2n) is 7.33. The molecule has 0 aliphatic heterocycles. The summed E-state index contributed by atoms with van der Waals surface area (Å²) in [6, 6.07) is 19.7. The first kappa shape index (κ1) is 19.6. The molecule has 0 amide bonds. The van der Waals surface area contributed by atoms with E-state index in [0.717, 1.165) is 11.1 Å². The summed E-state index contributed by atoms with van der Waals surface area (Å²) in [4.78, 5) is 37.8. The number of ketones is 1. The standard InChI is InChI=1S/C25H21NO4/c1-16-11-12-18(13-17(16)2)23(27)15-30-24(28)14-26-21-9-5-3-7-19(21)25(29)20-8-4-6-10-22(20)26/h3-13H,14-15H2,1-2H3. The van der Waals surface area contributed by atoms with Gasteiger partial charge in [0.2, 0.25) is 0 Å². The van der Waals surface area contributed by atoms with Gasteiger partial charge in [0.1, 0.15) is 6.54 Å². The van der Waals surface area contributed by atoms with Crippen molar-refractivity contribution in [2.24, 2.45) is 0 Å². The van der Waals surface area contributed by atoms with Gasteiger partial charge in [-0.1, -0.05) is 36.4 Å². The number of Topliss-reactive ketones (excluding diaryl/α,β-unsaturated/α-hetero) is 1. The Balaban J connectivity index is 1.60. The van der Waals surface area contributed by atoms with Gasteiger partial charge in [-0.25, -0.2) is 0 Å². The first-order valence-electron chi connectivity index (χ1n) is 9.72. The molecule has 0 atom stereocenters. The highest BCUT2D eigenvalue weighted by molar-refractivity contribution is 5.98. The zero-order chi connectivity index (χ0) is 21.3. The van der Waals surface area contributed by atoms with Crippen LogP contribution in [0.25, 0.3) is 21.8 Å². The molecule has 0 bridgehead atoms. The first-order chi connectivity index (χ1) is 14.5. The van der Waals surface area contributed by atoms with Gasteiger partial charge in [-0.2, -0.15) is 0 Å². The molecule has 1 aromatic heterocycles. The number of aryl methyl sites for hydroxylation is 2. The van der Waals surface area contributed by atoms with Crippen LogP contribution in [0.5, 0.6) is 0 Å². The third-order valence-electron chi connectivity index (χ3n) is 5.36. The van der Waals surface area contributed by atoms with Crippen molar-refractivity contribution < 1.29 is 14.3 Å². The van der Waals surface area contributed by atoms with E-state index in [1.54, 1.807) is 53.1 Å². The molecule has 0 spiro atoms. The van der Waals surface area contributed by atoms with Crippen LogP contribution < -0.4 is 5.43 Å². The van der Waals surface area contributed by atoms with Crippen LogP contribution in [0.1, 0.15) is 21.5 Å². The zero-order valence-electron chi connectivity index (χ0n) is 16.8. The highest BCUT2D eigenvalue weighted by Gasteiger charge is 2.15. The summed E-state index contributed by atoms with van der Waals surface area (Å²) in [5.74, 6) is -0.785. The normalized spacial score (nSPS) is 11.0. The number of hydrogen-bond acceptors (Lipinski definition) is 4. The Kier molecular flexibility index (Phi) is 5.19. The molecule has 4 aromatic rings. The number of rotatable bonds is 5. The smallest absolute Gasteiger partial charge is 0.326 e. The number of carbonyl (C=O) groups is 2. The van der Waals surface area contributed by atoms with E-state index in [9.17, 15) is 14.4 Å². The van der Waals surface area contributed by atoms with Gasteiger partial charge in [0.15, 0.2) is 17.8 Å². The Labute approximate surface area is 173 Å². The molecule has 0 radical (unpaired) electrons. The lowest BCUT2D eigenvalue weighted by Gasteiger charge is -2.14. The van der Waals surface area contributed by atoms with E-state index >= 15 is 0 Å². The number of ether oxygens (including phenoxy) is 1. The fraction of sp³-hybridized carbons (Fsp3) is 0.160. The Bertz CT molecular complexity index is 1290. The topological polar surface area (TPSA) is 65.4 Å². The Hall–Kier alpha value is -3.73. The predicted molar refractivity (Wildman–Crippen MR) is 117 cm³/mol. The van der Waals surface area contributed by atoms with Crippen molar-refractivity contribution >= 4 is 33.6 Å². The number of para-hydroxylation sites is 2. The summed E-state index contributed by atoms with van der Waals surface area (Å²) >= 11 is 0. The summed E-state index contributed by atoms with van der Waals surface area (Å²) < 4.78 is 7.03. The minimum absolute atomic E-state index is 0.0734. The molecule has 3 aromatic carbocycles. The van der Waals surface area contributed by atoms with Crippen LogP contribution in [-0.2, 0) is 16.1 Å². The van der Waals surface area contributed by atoms with Crippen molar-refractivity contribution in [1.82, 2.24) is 4.57 Å². The minimum Gasteiger partial charge on any atom is -0.456 e. The minimum atomic E-state index is -0.536. The number of esters is 1. The maximum atomic E-state index is 12.8. The van der Waals surface area contributed by atoms with E-state index in [1.807, 2.05) is 32.0 Å². The number of nitrogens with zero attached hydrogens (tertiary/aromatic N) is 1. The van der Waals surface area contributed by atoms with Gasteiger partial charge in [0, 0.05) is 16.3 Å². The van der Waals surface area contributed by atoms with Crippen LogP contribution in [0.15, 0.2) is 71.5 Å². The predicted octanol–water partition coefficient (Wildman–Crippen LogP) is 4.20. The van der Waals surface area contributed by atoms with E-state index in [-0.39, 0.29) is 24.4 Å². The number of pyridine rings is 1. The van der Waals surface area contributed by atoms with Gasteiger partial charge in [-0.15, -0.1) is 0 Å². The highest BCUT2D eigenvalue weighted by Crippen LogP contribution is 2.19. The number of hydrogen-bond donors (Lipinski definition) is 0. The van der Waals surface area contributed by atoms with Gasteiger partial charge >= 0.3 is 5.97 Å². The van der Waals surface area contributed by atoms with Gasteiger partial charge in [0.05, 0.1) is 11.0 Å². The lowest BCUT2D eigenvalue weighted by atomic mass is 10.0. The quantitative estimate of drug-likeness (QED) is 0.287. The van der Waals surface area contributed by atoms with E-state index in [0.29, 0.717) is 27.4 Å². The number of carbonyl (C=O) groups excluding carboxylic acids is 2. The van der Waals surface area contributed by atoms with Gasteiger partial charge in [-0.05, 0) is 55.3 Å². The molecule has 5 nitrogen and oxygen atoms in total. The molecule has 0 unspecified atom stereocenters. The summed E-state index contributed by atoms with van der Waals surface area (Å²) in [6.45, 7) is 3.49. The summed E-state index contributed by atoms with van der Waals surface area (Å²) in [5.41, 5.74) is 3.86. The molecule has 5 heteroatoms. The first-order valence-corrected chi connectivity index (χ1v) is 9.72. The van der Waals surface area contributed by atoms with E-state index in [1.165, 1.54) is 0 Å². The third-order valence-corrected chi connectivity index (χ3v) is 5.36. The SMILES string of the molecule is Cc1ccc(C(=O)COC(=O)Cn2c3ccccc3c(=O)c3ccccc32)cc1C. The zero-order valence-corrected chi connectivity index (χ0v) is 16.8. The maximum Gasteiger partial charge on any atom is 0.326 e. The molecule has 0 aliphatic rings. The largest absolute Gasteiger partial charge is 0.456 e. The molecule has 0 saturated carbocycles. The van der Waals surface area contributed by atoms with Crippen molar-refractivity contribution in [2.75, 3.05) is 6.61 Å². The van der Waals surface area contributed by atoms with Crippen LogP contribution in [-0.4, -0.2) is 22.9 Å². The molecule has 0 N–H and O–H groups in total. The Morgan fingerprint density at radius 2 is 1.43 bits per heavy atom. The average Bonchev–Trinajstić information content (AvgIpc) is 2.77. The lowest BCUT2D eigenvalue weighted by Crippen LogP contribution is -2.20. The van der Waals surface area contributed by atoms with Gasteiger partial charge in [0.25, 0.3) is 0 Å². The van der Waals surface area contributed by atoms with Crippen LogP contribution in [0.4, 0.5) is 0 Å². The van der Waals surface area contributed by atoms with Crippen LogP contribution in [0, 0.1) is 13.8 Å². The summed E-state index contributed by atoms with van der Waals surface area (Å²) in [6.07, 6.45) is 0. The van der Waals surface area contributed by atoms with Crippen LogP contribution in [0.3, 0.4) is 0 Å². The molecular formula is C25H21NO4. The van der Waals surface area contributed by atoms with E-state index in [4.69, 9.17) is 4.74 Å². The fourth-order valence-corrected chi connectivity index (χ4v) is 3.57. The monoisotopic (exact) mass is 399 g/mol. The lowest BCUT2D eigenvalue weighted by molar-refractivity contribution is -0.143. The molecule has 0 fully saturated rings. The van der Waals surface area contributed by atoms with Crippen molar-refractivity contribution in [2.45, 2.75) is 20.4 Å². The number of aromatic nitrogens is 1. The van der Waals surface area contributed by atoms with Crippen LogP contribution in [0.2, 0.25) is 0 Å². The Morgan fingerprint density at radius 3 is 2.03 bits per heavy atom. The van der Waals surface area contributed by atoms with E-state index < -0.39 is 5.97 Å². The Morgan fingerprint density at radius 1 is 0.833 bits per heavy atom. The van der Waals surface area contributed by atoms with E-state index in [2.05, 4.69) is 0 Å². The number of fused-ring (bicyclic) bond motifs is 2. The molecule has 4 rings (SSSR count). The second kappa shape index (κ2) is 7.95. The molecule has 150 valence electrons. The van der Waals surface area contributed by atoms with Crippen molar-refractivity contribution in [3.05, 3.63) is 93.6 Å².